The number of pyridine rings is 1. The molecule has 0 bridgehead atoms. The summed E-state index contributed by atoms with van der Waals surface area (Å²) < 4.78 is 6.95. The van der Waals surface area contributed by atoms with Crippen molar-refractivity contribution in [1.82, 2.24) is 0 Å². The molecule has 1 aromatic heterocycles. The highest BCUT2D eigenvalue weighted by atomic mass is 16.5. The van der Waals surface area contributed by atoms with Crippen LogP contribution in [0.1, 0.15) is 12.0 Å². The summed E-state index contributed by atoms with van der Waals surface area (Å²) in [5, 5.41) is 18.5. The molecule has 0 aliphatic carbocycles. The highest BCUT2D eigenvalue weighted by molar-refractivity contribution is 5.93. The van der Waals surface area contributed by atoms with E-state index in [0.717, 1.165) is 5.69 Å². The molecular formula is C22H21N6O5+. The molecule has 0 spiro atoms. The normalized spacial score (nSPS) is 17.6. The lowest BCUT2D eigenvalue weighted by molar-refractivity contribution is -0.595. The Kier molecular flexibility index (Phi) is 6.90. The Morgan fingerprint density at radius 2 is 1.79 bits per heavy atom. The number of rotatable bonds is 4. The number of nitrogens with two attached hydrogens (primary N) is 3. The van der Waals surface area contributed by atoms with Crippen molar-refractivity contribution < 1.29 is 29.1 Å². The summed E-state index contributed by atoms with van der Waals surface area (Å²) in [6.07, 6.45) is 3.29. The Hall–Kier alpha value is -4.85. The van der Waals surface area contributed by atoms with E-state index in [9.17, 15) is 14.7 Å². The molecule has 1 aliphatic rings. The summed E-state index contributed by atoms with van der Waals surface area (Å²) in [7, 11) is 0. The highest BCUT2D eigenvalue weighted by Crippen LogP contribution is 2.25. The van der Waals surface area contributed by atoms with Crippen molar-refractivity contribution in [3.05, 3.63) is 66.2 Å². The van der Waals surface area contributed by atoms with Crippen molar-refractivity contribution in [1.29, 1.82) is 0 Å². The zero-order chi connectivity index (χ0) is 24.0. The van der Waals surface area contributed by atoms with Gasteiger partial charge in [-0.25, -0.2) is 9.79 Å². The van der Waals surface area contributed by atoms with Gasteiger partial charge >= 0.3 is 11.9 Å². The number of carbonyl (C=O) groups is 2. The summed E-state index contributed by atoms with van der Waals surface area (Å²) in [6, 6.07) is 10.7. The van der Waals surface area contributed by atoms with E-state index in [4.69, 9.17) is 27.0 Å². The maximum absolute atomic E-state index is 11.5. The number of aliphatic imine (C=N–C) groups is 2. The van der Waals surface area contributed by atoms with Crippen LogP contribution in [-0.2, 0) is 14.3 Å². The number of carboxylic acids is 2. The number of ether oxygens (including phenoxy) is 1. The number of hydrogen-bond donors (Lipinski definition) is 5. The molecule has 0 saturated carbocycles. The summed E-state index contributed by atoms with van der Waals surface area (Å²) in [4.78, 5) is 30.5. The van der Waals surface area contributed by atoms with E-state index in [1.165, 1.54) is 6.26 Å². The molecule has 168 valence electrons. The number of hydrogen-bond acceptors (Lipinski definition) is 4. The molecule has 11 heteroatoms. The first-order chi connectivity index (χ1) is 15.7. The highest BCUT2D eigenvalue weighted by Gasteiger charge is 2.38. The van der Waals surface area contributed by atoms with Gasteiger partial charge in [0, 0.05) is 30.2 Å². The molecule has 3 rings (SSSR count). The predicted octanol–water partition coefficient (Wildman–Crippen LogP) is -0.00740. The van der Waals surface area contributed by atoms with Gasteiger partial charge in [0.15, 0.2) is 18.4 Å². The Bertz CT molecular complexity index is 1220. The number of guanidine groups is 2. The van der Waals surface area contributed by atoms with Gasteiger partial charge in [0.25, 0.3) is 0 Å². The van der Waals surface area contributed by atoms with E-state index in [0.29, 0.717) is 16.8 Å². The Morgan fingerprint density at radius 3 is 2.42 bits per heavy atom. The molecule has 2 heterocycles. The lowest BCUT2D eigenvalue weighted by Gasteiger charge is -2.24. The molecule has 0 fully saturated rings. The van der Waals surface area contributed by atoms with E-state index in [1.54, 1.807) is 18.2 Å². The number of aromatic nitrogens is 1. The number of carboxylic acid groups (broad SMARTS) is 2. The molecule has 1 aromatic carbocycles. The first kappa shape index (κ1) is 22.8. The molecule has 11 nitrogen and oxygen atoms in total. The molecule has 2 atom stereocenters. The monoisotopic (exact) mass is 449 g/mol. The van der Waals surface area contributed by atoms with Crippen LogP contribution in [0.3, 0.4) is 0 Å². The van der Waals surface area contributed by atoms with Gasteiger partial charge in [-0.1, -0.05) is 17.9 Å². The zero-order valence-electron chi connectivity index (χ0n) is 17.3. The van der Waals surface area contributed by atoms with Gasteiger partial charge in [0.2, 0.25) is 17.8 Å². The minimum atomic E-state index is -1.47. The topological polar surface area (TPSA) is 190 Å². The molecule has 33 heavy (non-hydrogen) atoms. The maximum atomic E-state index is 11.5. The molecular weight excluding hydrogens is 428 g/mol. The van der Waals surface area contributed by atoms with E-state index < -0.39 is 24.0 Å². The summed E-state index contributed by atoms with van der Waals surface area (Å²) >= 11 is 0. The van der Waals surface area contributed by atoms with Crippen LogP contribution in [0.2, 0.25) is 0 Å². The van der Waals surface area contributed by atoms with Gasteiger partial charge < -0.3 is 32.2 Å². The van der Waals surface area contributed by atoms with Crippen LogP contribution in [0.25, 0.3) is 5.69 Å². The third-order valence-electron chi connectivity index (χ3n) is 4.54. The van der Waals surface area contributed by atoms with Crippen LogP contribution in [0.4, 0.5) is 5.69 Å². The maximum Gasteiger partial charge on any atom is 0.345 e. The first-order valence-electron chi connectivity index (χ1n) is 9.61. The molecule has 0 unspecified atom stereocenters. The van der Waals surface area contributed by atoms with Crippen molar-refractivity contribution >= 4 is 29.5 Å². The van der Waals surface area contributed by atoms with Crippen LogP contribution < -0.4 is 21.8 Å². The number of benzene rings is 1. The largest absolute Gasteiger partial charge is 0.484 e. The first-order valence-corrected chi connectivity index (χ1v) is 9.61. The van der Waals surface area contributed by atoms with Crippen LogP contribution in [-0.4, -0.2) is 40.2 Å². The fraction of sp³-hybridized carbons (Fsp3) is 0.136. The Morgan fingerprint density at radius 1 is 1.06 bits per heavy atom. The molecule has 1 aliphatic heterocycles. The van der Waals surface area contributed by atoms with Crippen molar-refractivity contribution in [2.75, 3.05) is 0 Å². The predicted molar refractivity (Wildman–Crippen MR) is 118 cm³/mol. The van der Waals surface area contributed by atoms with Crippen molar-refractivity contribution in [3.8, 4) is 17.5 Å². The van der Waals surface area contributed by atoms with Gasteiger partial charge in [0.05, 0.1) is 17.5 Å². The average molecular weight is 449 g/mol. The van der Waals surface area contributed by atoms with E-state index >= 15 is 0 Å². The quantitative estimate of drug-likeness (QED) is 0.186. The summed E-state index contributed by atoms with van der Waals surface area (Å²) in [5.41, 5.74) is 18.4. The van der Waals surface area contributed by atoms with E-state index in [2.05, 4.69) is 21.8 Å². The lowest BCUT2D eigenvalue weighted by atomic mass is 9.92. The zero-order valence-corrected chi connectivity index (χ0v) is 17.3. The SMILES string of the molecule is NC(N)=NC(N)=Nc1ccc(-[n+]2ccccc2)c(C#CC2=CO[C@H](C(=O)O)[C@H](C(=O)O)C2)c1. The van der Waals surface area contributed by atoms with Gasteiger partial charge in [0.1, 0.15) is 5.92 Å². The number of allylic oxidation sites excluding steroid dienone is 1. The second-order valence-electron chi connectivity index (χ2n) is 6.93. The Labute approximate surface area is 188 Å². The van der Waals surface area contributed by atoms with Crippen LogP contribution in [0, 0.1) is 17.8 Å². The molecule has 2 aromatic rings. The van der Waals surface area contributed by atoms with Crippen LogP contribution in [0.15, 0.2) is 70.6 Å². The smallest absolute Gasteiger partial charge is 0.345 e. The minimum absolute atomic E-state index is 0.0810. The summed E-state index contributed by atoms with van der Waals surface area (Å²) in [6.45, 7) is 0. The van der Waals surface area contributed by atoms with Crippen molar-refractivity contribution in [2.45, 2.75) is 12.5 Å². The van der Waals surface area contributed by atoms with Gasteiger partial charge in [-0.05, 0) is 12.1 Å². The van der Waals surface area contributed by atoms with Crippen molar-refractivity contribution in [2.24, 2.45) is 33.1 Å². The second kappa shape index (κ2) is 9.97. The van der Waals surface area contributed by atoms with Crippen LogP contribution in [0.5, 0.6) is 0 Å². The van der Waals surface area contributed by atoms with Crippen molar-refractivity contribution in [3.63, 3.8) is 0 Å². The van der Waals surface area contributed by atoms with Gasteiger partial charge in [-0.15, -0.1) is 0 Å². The van der Waals surface area contributed by atoms with E-state index in [-0.39, 0.29) is 18.3 Å². The van der Waals surface area contributed by atoms with Gasteiger partial charge in [-0.2, -0.15) is 9.56 Å². The third kappa shape index (κ3) is 5.86. The lowest BCUT2D eigenvalue weighted by Crippen LogP contribution is -2.38. The molecule has 0 saturated heterocycles. The molecule has 0 radical (unpaired) electrons. The summed E-state index contributed by atoms with van der Waals surface area (Å²) in [5.74, 6) is 1.61. The standard InChI is InChI=1S/C22H20N6O5/c23-21(24)27-22(25)26-15-6-7-17(28-8-2-1-3-9-28)14(11-15)5-4-13-10-16(19(29)30)18(20(31)32)33-12-13/h1-3,6-9,11-12,16,18H,10H2,(H7-,23,24,25,26,27,29,30,31,32)/p+1/t16-,18+/m1/s1. The fourth-order valence-electron chi connectivity index (χ4n) is 3.09. The molecule has 8 N–H and O–H groups in total. The molecule has 0 amide bonds. The van der Waals surface area contributed by atoms with E-state index in [1.807, 2.05) is 35.2 Å². The number of aliphatic carboxylic acids is 2. The Balaban J connectivity index is 2.02. The van der Waals surface area contributed by atoms with Crippen LogP contribution >= 0.6 is 0 Å². The third-order valence-corrected chi connectivity index (χ3v) is 4.54. The average Bonchev–Trinajstić information content (AvgIpc) is 2.77. The second-order valence-corrected chi connectivity index (χ2v) is 6.93. The van der Waals surface area contributed by atoms with Gasteiger partial charge in [-0.3, -0.25) is 4.79 Å². The fourth-order valence-corrected chi connectivity index (χ4v) is 3.09. The minimum Gasteiger partial charge on any atom is -0.484 e. The number of nitrogens with zero attached hydrogens (tertiary/aromatic N) is 3.